The molecule has 0 bridgehead atoms. The van der Waals surface area contributed by atoms with Crippen LogP contribution < -0.4 is 19.7 Å². The monoisotopic (exact) mass is 540 g/mol. The first-order valence-electron chi connectivity index (χ1n) is 10.7. The third kappa shape index (κ3) is 5.58. The summed E-state index contributed by atoms with van der Waals surface area (Å²) >= 11 is 12.4. The quantitative estimate of drug-likeness (QED) is 0.321. The SMILES string of the molecule is COc1cc(/C=C2\C(=O)NC(=O)N(c3cccc(Cl)c3)C2=O)cc(Cl)c1OCc1ccc(C(=O)O)cc1. The number of carbonyl (C=O) groups excluding carboxylic acids is 3. The Bertz CT molecular complexity index is 1450. The van der Waals surface area contributed by atoms with Crippen LogP contribution in [0.5, 0.6) is 11.5 Å². The van der Waals surface area contributed by atoms with Crippen LogP contribution in [0.15, 0.2) is 66.2 Å². The van der Waals surface area contributed by atoms with Crippen molar-refractivity contribution in [3.8, 4) is 11.5 Å². The number of rotatable bonds is 7. The number of urea groups is 1. The predicted octanol–water partition coefficient (Wildman–Crippen LogP) is 4.95. The van der Waals surface area contributed by atoms with Crippen molar-refractivity contribution in [2.75, 3.05) is 12.0 Å². The molecule has 1 saturated heterocycles. The zero-order valence-electron chi connectivity index (χ0n) is 19.2. The van der Waals surface area contributed by atoms with E-state index in [1.165, 1.54) is 49.6 Å². The highest BCUT2D eigenvalue weighted by Gasteiger charge is 2.37. The lowest BCUT2D eigenvalue weighted by molar-refractivity contribution is -0.122. The molecule has 188 valence electrons. The summed E-state index contributed by atoms with van der Waals surface area (Å²) in [5.74, 6) is -2.30. The molecule has 4 rings (SSSR count). The van der Waals surface area contributed by atoms with E-state index in [1.54, 1.807) is 24.3 Å². The molecule has 2 N–H and O–H groups in total. The standard InChI is InChI=1S/C26H18Cl2N2O7/c1-36-21-11-15(10-20(28)22(21)37-13-14-5-7-16(8-6-14)25(33)34)9-19-23(31)29-26(35)30(24(19)32)18-4-2-3-17(27)12-18/h2-12H,13H2,1H3,(H,33,34)(H,29,31,35)/b19-9+. The van der Waals surface area contributed by atoms with Gasteiger partial charge in [0.05, 0.1) is 23.4 Å². The van der Waals surface area contributed by atoms with Crippen LogP contribution in [0.3, 0.4) is 0 Å². The van der Waals surface area contributed by atoms with Gasteiger partial charge in [0.2, 0.25) is 0 Å². The van der Waals surface area contributed by atoms with Gasteiger partial charge in [0.15, 0.2) is 11.5 Å². The van der Waals surface area contributed by atoms with Crippen molar-refractivity contribution in [1.82, 2.24) is 5.32 Å². The molecule has 0 aliphatic carbocycles. The second kappa shape index (κ2) is 10.7. The van der Waals surface area contributed by atoms with Gasteiger partial charge in [-0.1, -0.05) is 41.4 Å². The molecule has 11 heteroatoms. The Morgan fingerprint density at radius 2 is 1.78 bits per heavy atom. The van der Waals surface area contributed by atoms with Crippen LogP contribution in [0, 0.1) is 0 Å². The lowest BCUT2D eigenvalue weighted by Gasteiger charge is -2.26. The molecule has 0 unspecified atom stereocenters. The lowest BCUT2D eigenvalue weighted by Crippen LogP contribution is -2.54. The van der Waals surface area contributed by atoms with E-state index in [1.807, 2.05) is 0 Å². The maximum absolute atomic E-state index is 13.1. The number of ether oxygens (including phenoxy) is 2. The summed E-state index contributed by atoms with van der Waals surface area (Å²) in [6.07, 6.45) is 1.28. The summed E-state index contributed by atoms with van der Waals surface area (Å²) < 4.78 is 11.2. The molecule has 3 aromatic rings. The van der Waals surface area contributed by atoms with E-state index in [2.05, 4.69) is 5.32 Å². The van der Waals surface area contributed by atoms with Gasteiger partial charge < -0.3 is 14.6 Å². The highest BCUT2D eigenvalue weighted by atomic mass is 35.5. The van der Waals surface area contributed by atoms with Crippen LogP contribution in [0.25, 0.3) is 6.08 Å². The van der Waals surface area contributed by atoms with Crippen LogP contribution in [-0.2, 0) is 16.2 Å². The van der Waals surface area contributed by atoms with Gasteiger partial charge in [-0.2, -0.15) is 0 Å². The number of carboxylic acid groups (broad SMARTS) is 1. The van der Waals surface area contributed by atoms with Crippen molar-refractivity contribution >= 4 is 58.8 Å². The molecule has 0 aromatic heterocycles. The van der Waals surface area contributed by atoms with Crippen molar-refractivity contribution in [1.29, 1.82) is 0 Å². The first-order chi connectivity index (χ1) is 17.7. The summed E-state index contributed by atoms with van der Waals surface area (Å²) in [4.78, 5) is 49.8. The molecular formula is C26H18Cl2N2O7. The maximum atomic E-state index is 13.1. The molecule has 4 amide bonds. The van der Waals surface area contributed by atoms with E-state index in [9.17, 15) is 19.2 Å². The molecule has 0 atom stereocenters. The number of benzene rings is 3. The summed E-state index contributed by atoms with van der Waals surface area (Å²) in [7, 11) is 1.40. The number of hydrogen-bond donors (Lipinski definition) is 2. The number of imide groups is 2. The number of barbiturate groups is 1. The minimum absolute atomic E-state index is 0.0774. The second-order valence-electron chi connectivity index (χ2n) is 7.76. The number of carboxylic acids is 1. The molecule has 1 aliphatic rings. The van der Waals surface area contributed by atoms with Crippen LogP contribution in [0.2, 0.25) is 10.0 Å². The van der Waals surface area contributed by atoms with Crippen LogP contribution in [0.4, 0.5) is 10.5 Å². The van der Waals surface area contributed by atoms with Gasteiger partial charge in [-0.15, -0.1) is 0 Å². The lowest BCUT2D eigenvalue weighted by atomic mass is 10.1. The fourth-order valence-corrected chi connectivity index (χ4v) is 3.99. The molecule has 1 heterocycles. The molecule has 37 heavy (non-hydrogen) atoms. The number of amides is 4. The fraction of sp³-hybridized carbons (Fsp3) is 0.0769. The third-order valence-corrected chi connectivity index (χ3v) is 5.83. The number of halogens is 2. The highest BCUT2D eigenvalue weighted by Crippen LogP contribution is 2.38. The molecular weight excluding hydrogens is 523 g/mol. The molecule has 1 fully saturated rings. The number of nitrogens with one attached hydrogen (secondary N) is 1. The van der Waals surface area contributed by atoms with Gasteiger partial charge in [0.1, 0.15) is 12.2 Å². The summed E-state index contributed by atoms with van der Waals surface area (Å²) in [5, 5.41) is 11.6. The van der Waals surface area contributed by atoms with Crippen molar-refractivity contribution in [3.05, 3.63) is 93.0 Å². The minimum Gasteiger partial charge on any atom is -0.493 e. The number of anilines is 1. The highest BCUT2D eigenvalue weighted by molar-refractivity contribution is 6.39. The average molecular weight is 541 g/mol. The summed E-state index contributed by atoms with van der Waals surface area (Å²) in [6, 6.07) is 14.3. The van der Waals surface area contributed by atoms with Crippen molar-refractivity contribution < 1.29 is 33.8 Å². The number of methoxy groups -OCH3 is 1. The second-order valence-corrected chi connectivity index (χ2v) is 8.61. The third-order valence-electron chi connectivity index (χ3n) is 5.31. The molecule has 9 nitrogen and oxygen atoms in total. The Kier molecular flexibility index (Phi) is 7.47. The predicted molar refractivity (Wildman–Crippen MR) is 136 cm³/mol. The zero-order valence-corrected chi connectivity index (χ0v) is 20.7. The number of aromatic carboxylic acids is 1. The van der Waals surface area contributed by atoms with Gasteiger partial charge in [0.25, 0.3) is 11.8 Å². The Morgan fingerprint density at radius 1 is 1.05 bits per heavy atom. The van der Waals surface area contributed by atoms with Crippen LogP contribution in [-0.4, -0.2) is 36.0 Å². The topological polar surface area (TPSA) is 122 Å². The Morgan fingerprint density at radius 3 is 2.43 bits per heavy atom. The Labute approximate surface area is 220 Å². The minimum atomic E-state index is -1.04. The van der Waals surface area contributed by atoms with Gasteiger partial charge in [-0.3, -0.25) is 14.9 Å². The van der Waals surface area contributed by atoms with Gasteiger partial charge in [-0.25, -0.2) is 14.5 Å². The molecule has 0 spiro atoms. The summed E-state index contributed by atoms with van der Waals surface area (Å²) in [5.41, 5.74) is 1.09. The van der Waals surface area contributed by atoms with Gasteiger partial charge in [-0.05, 0) is 59.7 Å². The van der Waals surface area contributed by atoms with E-state index < -0.39 is 23.8 Å². The van der Waals surface area contributed by atoms with E-state index in [4.69, 9.17) is 37.8 Å². The van der Waals surface area contributed by atoms with Crippen molar-refractivity contribution in [2.24, 2.45) is 0 Å². The summed E-state index contributed by atoms with van der Waals surface area (Å²) in [6.45, 7) is 0.0774. The fourth-order valence-electron chi connectivity index (χ4n) is 3.54. The first-order valence-corrected chi connectivity index (χ1v) is 11.4. The van der Waals surface area contributed by atoms with Gasteiger partial charge in [0, 0.05) is 5.02 Å². The Hall–Kier alpha value is -4.34. The van der Waals surface area contributed by atoms with Crippen molar-refractivity contribution in [2.45, 2.75) is 6.61 Å². The van der Waals surface area contributed by atoms with E-state index in [0.29, 0.717) is 16.1 Å². The van der Waals surface area contributed by atoms with E-state index >= 15 is 0 Å². The van der Waals surface area contributed by atoms with Gasteiger partial charge >= 0.3 is 12.0 Å². The largest absolute Gasteiger partial charge is 0.493 e. The molecule has 0 radical (unpaired) electrons. The van der Waals surface area contributed by atoms with E-state index in [-0.39, 0.29) is 40.0 Å². The smallest absolute Gasteiger partial charge is 0.335 e. The normalized spacial score (nSPS) is 14.5. The Balaban J connectivity index is 1.61. The average Bonchev–Trinajstić information content (AvgIpc) is 2.85. The number of nitrogens with zero attached hydrogens (tertiary/aromatic N) is 1. The maximum Gasteiger partial charge on any atom is 0.335 e. The molecule has 3 aromatic carbocycles. The zero-order chi connectivity index (χ0) is 26.7. The van der Waals surface area contributed by atoms with E-state index in [0.717, 1.165) is 4.90 Å². The van der Waals surface area contributed by atoms with Crippen LogP contribution >= 0.6 is 23.2 Å². The molecule has 0 saturated carbocycles. The first kappa shape index (κ1) is 25.7. The van der Waals surface area contributed by atoms with Crippen LogP contribution in [0.1, 0.15) is 21.5 Å². The number of carbonyl (C=O) groups is 4. The number of hydrogen-bond acceptors (Lipinski definition) is 6. The molecule has 1 aliphatic heterocycles. The van der Waals surface area contributed by atoms with Crippen molar-refractivity contribution in [3.63, 3.8) is 0 Å².